The summed E-state index contributed by atoms with van der Waals surface area (Å²) in [4.78, 5) is 38.0. The van der Waals surface area contributed by atoms with Gasteiger partial charge in [0.25, 0.3) is 5.91 Å². The highest BCUT2D eigenvalue weighted by Gasteiger charge is 2.52. The second kappa shape index (κ2) is 10.7. The smallest absolute Gasteiger partial charge is 0.303 e. The lowest BCUT2D eigenvalue weighted by Gasteiger charge is -2.56. The highest BCUT2D eigenvalue weighted by atomic mass is 19.1. The molecule has 41 heavy (non-hydrogen) atoms. The van der Waals surface area contributed by atoms with Gasteiger partial charge in [0, 0.05) is 25.1 Å². The van der Waals surface area contributed by atoms with Crippen molar-refractivity contribution in [3.8, 4) is 11.6 Å². The first kappa shape index (κ1) is 27.1. The molecule has 0 unspecified atom stereocenters. The van der Waals surface area contributed by atoms with Gasteiger partial charge in [-0.15, -0.1) is 0 Å². The van der Waals surface area contributed by atoms with Crippen molar-refractivity contribution in [2.75, 3.05) is 37.1 Å². The molecule has 3 aliphatic heterocycles. The van der Waals surface area contributed by atoms with Crippen molar-refractivity contribution in [2.24, 2.45) is 0 Å². The number of carboxylic acids is 1. The Morgan fingerprint density at radius 3 is 2.78 bits per heavy atom. The van der Waals surface area contributed by atoms with E-state index in [-0.39, 0.29) is 36.7 Å². The number of carbonyl (C=O) groups excluding carboxylic acids is 1. The number of aryl methyl sites for hydroxylation is 1. The van der Waals surface area contributed by atoms with E-state index in [1.165, 1.54) is 6.20 Å². The second-order valence-electron chi connectivity index (χ2n) is 11.1. The molecule has 11 nitrogen and oxygen atoms in total. The maximum absolute atomic E-state index is 15.0. The van der Waals surface area contributed by atoms with Crippen LogP contribution in [0.2, 0.25) is 0 Å². The van der Waals surface area contributed by atoms with Crippen molar-refractivity contribution >= 4 is 34.5 Å². The molecular weight excluding hydrogens is 533 g/mol. The molecule has 12 heteroatoms. The van der Waals surface area contributed by atoms with Crippen molar-refractivity contribution in [1.82, 2.24) is 15.0 Å². The third-order valence-electron chi connectivity index (χ3n) is 8.61. The molecule has 2 saturated heterocycles. The van der Waals surface area contributed by atoms with Crippen LogP contribution in [0.4, 0.5) is 16.0 Å². The summed E-state index contributed by atoms with van der Waals surface area (Å²) in [6.07, 6.45) is 6.14. The molecule has 4 aliphatic rings. The topological polar surface area (TPSA) is 136 Å². The summed E-state index contributed by atoms with van der Waals surface area (Å²) < 4.78 is 32.6. The Morgan fingerprint density at radius 1 is 1.20 bits per heavy atom. The van der Waals surface area contributed by atoms with Crippen LogP contribution < -0.4 is 19.7 Å². The molecule has 0 spiro atoms. The normalized spacial score (nSPS) is 23.0. The minimum Gasteiger partial charge on any atom is -0.481 e. The average molecular weight is 566 g/mol. The number of carboxylic acid groups (broad SMARTS) is 1. The first-order chi connectivity index (χ1) is 19.8. The van der Waals surface area contributed by atoms with E-state index < -0.39 is 11.8 Å². The number of fused-ring (bicyclic) bond motifs is 5. The van der Waals surface area contributed by atoms with Crippen LogP contribution in [0.1, 0.15) is 50.5 Å². The summed E-state index contributed by atoms with van der Waals surface area (Å²) in [6, 6.07) is 7.13. The number of pyridine rings is 3. The number of amides is 1. The van der Waals surface area contributed by atoms with Gasteiger partial charge in [-0.05, 0) is 63.1 Å². The summed E-state index contributed by atoms with van der Waals surface area (Å²) >= 11 is 0. The molecule has 0 atom stereocenters. The largest absolute Gasteiger partial charge is 0.481 e. The Morgan fingerprint density at radius 2 is 2.02 bits per heavy atom. The van der Waals surface area contributed by atoms with Crippen LogP contribution in [0.5, 0.6) is 11.6 Å². The van der Waals surface area contributed by atoms with E-state index in [0.717, 1.165) is 31.5 Å². The van der Waals surface area contributed by atoms with Crippen molar-refractivity contribution in [3.05, 3.63) is 41.8 Å². The molecule has 3 aromatic heterocycles. The Balaban J connectivity index is 1.13. The van der Waals surface area contributed by atoms with Gasteiger partial charge < -0.3 is 29.5 Å². The number of nitrogens with one attached hydrogen (secondary N) is 1. The molecule has 1 aliphatic carbocycles. The monoisotopic (exact) mass is 565 g/mol. The van der Waals surface area contributed by atoms with Crippen LogP contribution in [0.15, 0.2) is 30.5 Å². The van der Waals surface area contributed by atoms with Gasteiger partial charge in [0.15, 0.2) is 18.2 Å². The van der Waals surface area contributed by atoms with Gasteiger partial charge in [0.2, 0.25) is 5.88 Å². The Hall–Kier alpha value is -4.06. The van der Waals surface area contributed by atoms with Gasteiger partial charge in [-0.3, -0.25) is 14.6 Å². The van der Waals surface area contributed by atoms with Crippen LogP contribution in [-0.2, 0) is 20.7 Å². The van der Waals surface area contributed by atoms with E-state index in [4.69, 9.17) is 19.3 Å². The van der Waals surface area contributed by atoms with E-state index in [2.05, 4.69) is 25.2 Å². The zero-order chi connectivity index (χ0) is 28.6. The SMILES string of the molecule is CN(c1ccc2c(n1)NC(=O)CO2)C12CCC(CCc3c(F)cnc4ccc(OCCCC(=O)O)nc34)(CC1)OC2. The fourth-order valence-electron chi connectivity index (χ4n) is 6.03. The highest BCUT2D eigenvalue weighted by Crippen LogP contribution is 2.49. The number of carbonyl (C=O) groups is 2. The molecule has 0 aromatic carbocycles. The van der Waals surface area contributed by atoms with E-state index in [0.29, 0.717) is 59.9 Å². The van der Waals surface area contributed by atoms with Crippen LogP contribution in [0.25, 0.3) is 11.0 Å². The number of likely N-dealkylation sites (N-methyl/N-ethyl adjacent to an activating group) is 1. The summed E-state index contributed by atoms with van der Waals surface area (Å²) in [7, 11) is 2.01. The van der Waals surface area contributed by atoms with Crippen LogP contribution in [0.3, 0.4) is 0 Å². The van der Waals surface area contributed by atoms with E-state index >= 15 is 4.39 Å². The summed E-state index contributed by atoms with van der Waals surface area (Å²) in [5, 5.41) is 11.6. The molecule has 3 fully saturated rings. The summed E-state index contributed by atoms with van der Waals surface area (Å²) in [5.41, 5.74) is 0.940. The summed E-state index contributed by atoms with van der Waals surface area (Å²) in [5.74, 6) is 0.520. The lowest BCUT2D eigenvalue weighted by Crippen LogP contribution is -2.62. The predicted octanol–water partition coefficient (Wildman–Crippen LogP) is 3.89. The van der Waals surface area contributed by atoms with Gasteiger partial charge >= 0.3 is 5.97 Å². The second-order valence-corrected chi connectivity index (χ2v) is 11.1. The molecule has 2 N–H and O–H groups in total. The van der Waals surface area contributed by atoms with Crippen molar-refractivity contribution < 1.29 is 33.3 Å². The molecule has 1 amide bonds. The van der Waals surface area contributed by atoms with Gasteiger partial charge in [-0.2, -0.15) is 0 Å². The molecule has 7 rings (SSSR count). The molecule has 3 aromatic rings. The number of aromatic nitrogens is 3. The van der Waals surface area contributed by atoms with Gasteiger partial charge in [0.05, 0.1) is 41.6 Å². The van der Waals surface area contributed by atoms with Crippen LogP contribution >= 0.6 is 0 Å². The first-order valence-corrected chi connectivity index (χ1v) is 13.9. The Labute approximate surface area is 236 Å². The van der Waals surface area contributed by atoms with Crippen molar-refractivity contribution in [2.45, 2.75) is 62.5 Å². The van der Waals surface area contributed by atoms with Gasteiger partial charge in [-0.1, -0.05) is 0 Å². The fraction of sp³-hybridized carbons (Fsp3) is 0.483. The number of nitrogens with zero attached hydrogens (tertiary/aromatic N) is 4. The van der Waals surface area contributed by atoms with Crippen LogP contribution in [0, 0.1) is 5.82 Å². The predicted molar refractivity (Wildman–Crippen MR) is 147 cm³/mol. The number of ether oxygens (including phenoxy) is 3. The van der Waals surface area contributed by atoms with E-state index in [1.807, 2.05) is 19.2 Å². The zero-order valence-electron chi connectivity index (χ0n) is 22.8. The van der Waals surface area contributed by atoms with Crippen molar-refractivity contribution in [1.29, 1.82) is 0 Å². The van der Waals surface area contributed by atoms with E-state index in [9.17, 15) is 9.59 Å². The molecular formula is C29H32FN5O6. The number of anilines is 2. The molecule has 6 heterocycles. The fourth-order valence-corrected chi connectivity index (χ4v) is 6.03. The Bertz CT molecular complexity index is 1480. The number of aliphatic carboxylic acids is 1. The number of halogens is 1. The first-order valence-electron chi connectivity index (χ1n) is 13.9. The molecule has 216 valence electrons. The minimum absolute atomic E-state index is 0.00514. The summed E-state index contributed by atoms with van der Waals surface area (Å²) in [6.45, 7) is 0.721. The molecule has 2 bridgehead atoms. The Kier molecular flexibility index (Phi) is 7.10. The van der Waals surface area contributed by atoms with Gasteiger partial charge in [0.1, 0.15) is 11.6 Å². The van der Waals surface area contributed by atoms with Crippen molar-refractivity contribution in [3.63, 3.8) is 0 Å². The standard InChI is InChI=1S/C29H32FN5O6/c1-35(22-6-5-21-27(32-22)33-23(36)16-40-21)28-10-12-29(13-11-28,41-17-28)9-8-18-19(30)15-31-20-4-7-24(34-26(18)20)39-14-2-3-25(37)38/h4-7,15H,2-3,8-14,16-17H2,1H3,(H,37,38)(H,32,33,36). The maximum atomic E-state index is 15.0. The van der Waals surface area contributed by atoms with Crippen LogP contribution in [-0.4, -0.2) is 69.9 Å². The number of hydrogen-bond acceptors (Lipinski definition) is 9. The lowest BCUT2D eigenvalue weighted by molar-refractivity contribution is -0.156. The lowest BCUT2D eigenvalue weighted by atomic mass is 9.68. The average Bonchev–Trinajstić information content (AvgIpc) is 2.99. The zero-order valence-corrected chi connectivity index (χ0v) is 22.8. The van der Waals surface area contributed by atoms with E-state index in [1.54, 1.807) is 12.1 Å². The molecule has 1 saturated carbocycles. The third kappa shape index (κ3) is 5.35. The highest BCUT2D eigenvalue weighted by molar-refractivity contribution is 5.94. The third-order valence-corrected chi connectivity index (χ3v) is 8.61. The quantitative estimate of drug-likeness (QED) is 0.349. The number of hydrogen-bond donors (Lipinski definition) is 2. The van der Waals surface area contributed by atoms with Gasteiger partial charge in [-0.25, -0.2) is 14.4 Å². The molecule has 0 radical (unpaired) electrons. The maximum Gasteiger partial charge on any atom is 0.303 e. The minimum atomic E-state index is -0.884. The number of rotatable bonds is 10.